The molecule has 1 N–H and O–H groups in total. The van der Waals surface area contributed by atoms with Gasteiger partial charge in [-0.1, -0.05) is 41.9 Å². The van der Waals surface area contributed by atoms with Crippen LogP contribution in [0.4, 0.5) is 19.0 Å². The number of alkyl halides is 3. The summed E-state index contributed by atoms with van der Waals surface area (Å²) < 4.78 is 37.8. The zero-order chi connectivity index (χ0) is 17.0. The molecule has 0 fully saturated rings. The quantitative estimate of drug-likeness (QED) is 0.868. The second-order valence-electron chi connectivity index (χ2n) is 5.32. The van der Waals surface area contributed by atoms with Crippen molar-refractivity contribution in [2.24, 2.45) is 0 Å². The summed E-state index contributed by atoms with van der Waals surface area (Å²) in [6.45, 7) is 0.467. The fourth-order valence-corrected chi connectivity index (χ4v) is 2.42. The van der Waals surface area contributed by atoms with Crippen LogP contribution in [0.25, 0.3) is 0 Å². The molecule has 0 aliphatic heterocycles. The summed E-state index contributed by atoms with van der Waals surface area (Å²) >= 11 is 5.91. The van der Waals surface area contributed by atoms with Gasteiger partial charge in [0.05, 0.1) is 16.6 Å². The smallest absolute Gasteiger partial charge is 0.367 e. The summed E-state index contributed by atoms with van der Waals surface area (Å²) in [6, 6.07) is 10.7. The number of nitrogens with zero attached hydrogens (tertiary/aromatic N) is 2. The highest BCUT2D eigenvalue weighted by molar-refractivity contribution is 6.32. The van der Waals surface area contributed by atoms with Crippen LogP contribution >= 0.6 is 11.6 Å². The van der Waals surface area contributed by atoms with Crippen LogP contribution in [-0.4, -0.2) is 30.5 Å². The lowest BCUT2D eigenvalue weighted by Gasteiger charge is -2.25. The molecule has 0 aliphatic rings. The highest BCUT2D eigenvalue weighted by Gasteiger charge is 2.31. The third-order valence-electron chi connectivity index (χ3n) is 3.44. The summed E-state index contributed by atoms with van der Waals surface area (Å²) in [7, 11) is 3.86. The van der Waals surface area contributed by atoms with E-state index in [0.29, 0.717) is 6.54 Å². The minimum Gasteiger partial charge on any atom is -0.367 e. The fourth-order valence-electron chi connectivity index (χ4n) is 2.19. The molecule has 1 aromatic heterocycles. The van der Waals surface area contributed by atoms with E-state index in [9.17, 15) is 13.2 Å². The second kappa shape index (κ2) is 7.19. The Balaban J connectivity index is 2.13. The molecule has 0 saturated heterocycles. The molecular weight excluding hydrogens is 327 g/mol. The Morgan fingerprint density at radius 2 is 1.87 bits per heavy atom. The Morgan fingerprint density at radius 1 is 1.22 bits per heavy atom. The number of hydrogen-bond acceptors (Lipinski definition) is 3. The van der Waals surface area contributed by atoms with E-state index in [0.717, 1.165) is 17.8 Å². The topological polar surface area (TPSA) is 28.2 Å². The van der Waals surface area contributed by atoms with Crippen LogP contribution in [0.15, 0.2) is 42.6 Å². The van der Waals surface area contributed by atoms with Crippen LogP contribution in [-0.2, 0) is 6.18 Å². The molecule has 0 saturated carbocycles. The largest absolute Gasteiger partial charge is 0.417 e. The number of benzene rings is 1. The van der Waals surface area contributed by atoms with Crippen LogP contribution in [0.3, 0.4) is 0 Å². The van der Waals surface area contributed by atoms with Gasteiger partial charge in [-0.2, -0.15) is 13.2 Å². The van der Waals surface area contributed by atoms with E-state index in [2.05, 4.69) is 10.3 Å². The fraction of sp³-hybridized carbons (Fsp3) is 0.312. The van der Waals surface area contributed by atoms with Crippen molar-refractivity contribution in [1.82, 2.24) is 9.88 Å². The number of rotatable bonds is 5. The van der Waals surface area contributed by atoms with Crippen molar-refractivity contribution in [3.8, 4) is 0 Å². The minimum atomic E-state index is -4.45. The molecule has 0 radical (unpaired) electrons. The van der Waals surface area contributed by atoms with Gasteiger partial charge in [0, 0.05) is 12.7 Å². The third-order valence-corrected chi connectivity index (χ3v) is 3.73. The average molecular weight is 344 g/mol. The number of likely N-dealkylation sites (N-methyl/N-ethyl adjacent to an activating group) is 1. The first-order valence-electron chi connectivity index (χ1n) is 6.97. The van der Waals surface area contributed by atoms with E-state index in [1.165, 1.54) is 0 Å². The third kappa shape index (κ3) is 4.59. The lowest BCUT2D eigenvalue weighted by Crippen LogP contribution is -2.27. The highest BCUT2D eigenvalue weighted by Crippen LogP contribution is 2.32. The predicted molar refractivity (Wildman–Crippen MR) is 85.6 cm³/mol. The summed E-state index contributed by atoms with van der Waals surface area (Å²) in [5, 5.41) is 2.97. The van der Waals surface area contributed by atoms with E-state index in [1.54, 1.807) is 0 Å². The Morgan fingerprint density at radius 3 is 2.39 bits per heavy atom. The summed E-state index contributed by atoms with van der Waals surface area (Å²) in [6.07, 6.45) is -3.67. The first-order valence-corrected chi connectivity index (χ1v) is 7.35. The normalized spacial score (nSPS) is 13.2. The summed E-state index contributed by atoms with van der Waals surface area (Å²) in [4.78, 5) is 5.80. The predicted octanol–water partition coefficient (Wildman–Crippen LogP) is 4.47. The van der Waals surface area contributed by atoms with E-state index < -0.39 is 11.7 Å². The zero-order valence-electron chi connectivity index (χ0n) is 12.7. The Kier molecular flexibility index (Phi) is 5.49. The van der Waals surface area contributed by atoms with Gasteiger partial charge >= 0.3 is 6.18 Å². The molecule has 0 spiro atoms. The van der Waals surface area contributed by atoms with E-state index >= 15 is 0 Å². The van der Waals surface area contributed by atoms with Crippen molar-refractivity contribution in [3.05, 3.63) is 58.7 Å². The summed E-state index contributed by atoms with van der Waals surface area (Å²) in [5.41, 5.74) is 0.230. The molecule has 0 amide bonds. The molecule has 2 rings (SSSR count). The molecule has 0 bridgehead atoms. The molecule has 3 nitrogen and oxygen atoms in total. The Labute approximate surface area is 138 Å². The van der Waals surface area contributed by atoms with Crippen molar-refractivity contribution in [2.75, 3.05) is 26.0 Å². The Hall–Kier alpha value is -1.79. The van der Waals surface area contributed by atoms with Gasteiger partial charge in [-0.05, 0) is 25.7 Å². The molecule has 124 valence electrons. The van der Waals surface area contributed by atoms with E-state index in [-0.39, 0.29) is 16.9 Å². The molecular formula is C16H17ClF3N3. The van der Waals surface area contributed by atoms with Crippen LogP contribution in [0.2, 0.25) is 5.02 Å². The summed E-state index contributed by atoms with van der Waals surface area (Å²) in [5.74, 6) is 0.238. The monoisotopic (exact) mass is 343 g/mol. The standard InChI is InChI=1S/C16H17ClF3N3/c1-23(2)14(11-6-4-3-5-7-11)10-22-15-13(17)8-12(9-21-15)16(18,19)20/h3-9,14H,10H2,1-2H3,(H,21,22). The average Bonchev–Trinajstić information content (AvgIpc) is 2.48. The van der Waals surface area contributed by atoms with Crippen molar-refractivity contribution >= 4 is 17.4 Å². The minimum absolute atomic E-state index is 0.0383. The first-order chi connectivity index (χ1) is 10.8. The van der Waals surface area contributed by atoms with Crippen LogP contribution in [0.1, 0.15) is 17.2 Å². The van der Waals surface area contributed by atoms with E-state index in [1.807, 2.05) is 49.3 Å². The van der Waals surface area contributed by atoms with E-state index in [4.69, 9.17) is 11.6 Å². The number of nitrogens with one attached hydrogen (secondary N) is 1. The van der Waals surface area contributed by atoms with Crippen molar-refractivity contribution < 1.29 is 13.2 Å². The van der Waals surface area contributed by atoms with Crippen LogP contribution in [0, 0.1) is 0 Å². The van der Waals surface area contributed by atoms with Gasteiger partial charge in [0.15, 0.2) is 0 Å². The van der Waals surface area contributed by atoms with Gasteiger partial charge in [0.2, 0.25) is 0 Å². The lowest BCUT2D eigenvalue weighted by molar-refractivity contribution is -0.137. The van der Waals surface area contributed by atoms with Crippen LogP contribution < -0.4 is 5.32 Å². The van der Waals surface area contributed by atoms with Gasteiger partial charge in [-0.15, -0.1) is 0 Å². The maximum Gasteiger partial charge on any atom is 0.417 e. The number of aromatic nitrogens is 1. The molecule has 7 heteroatoms. The maximum absolute atomic E-state index is 12.6. The van der Waals surface area contributed by atoms with Gasteiger partial charge in [-0.3, -0.25) is 0 Å². The number of halogens is 4. The second-order valence-corrected chi connectivity index (χ2v) is 5.73. The molecule has 0 aliphatic carbocycles. The van der Waals surface area contributed by atoms with Gasteiger partial charge in [0.25, 0.3) is 0 Å². The van der Waals surface area contributed by atoms with Crippen molar-refractivity contribution in [3.63, 3.8) is 0 Å². The molecule has 1 atom stereocenters. The maximum atomic E-state index is 12.6. The SMILES string of the molecule is CN(C)C(CNc1ncc(C(F)(F)F)cc1Cl)c1ccccc1. The molecule has 1 aromatic carbocycles. The van der Waals surface area contributed by atoms with Crippen LogP contribution in [0.5, 0.6) is 0 Å². The number of anilines is 1. The van der Waals surface area contributed by atoms with Gasteiger partial charge in [0.1, 0.15) is 5.82 Å². The van der Waals surface area contributed by atoms with Crippen molar-refractivity contribution in [1.29, 1.82) is 0 Å². The number of pyridine rings is 1. The molecule has 2 aromatic rings. The highest BCUT2D eigenvalue weighted by atomic mass is 35.5. The van der Waals surface area contributed by atoms with Gasteiger partial charge in [-0.25, -0.2) is 4.98 Å². The molecule has 1 heterocycles. The molecule has 23 heavy (non-hydrogen) atoms. The Bertz CT molecular complexity index is 645. The number of hydrogen-bond donors (Lipinski definition) is 1. The zero-order valence-corrected chi connectivity index (χ0v) is 13.5. The van der Waals surface area contributed by atoms with Crippen molar-refractivity contribution in [2.45, 2.75) is 12.2 Å². The molecule has 1 unspecified atom stereocenters. The first kappa shape index (κ1) is 17.6. The lowest BCUT2D eigenvalue weighted by atomic mass is 10.1. The van der Waals surface area contributed by atoms with Gasteiger partial charge < -0.3 is 10.2 Å².